The zero-order valence-electron chi connectivity index (χ0n) is 9.43. The molecule has 84 valence electrons. The van der Waals surface area contributed by atoms with Crippen LogP contribution in [0.4, 0.5) is 0 Å². The van der Waals surface area contributed by atoms with Crippen molar-refractivity contribution < 1.29 is 14.6 Å². The van der Waals surface area contributed by atoms with Gasteiger partial charge in [0.15, 0.2) is 0 Å². The highest BCUT2D eigenvalue weighted by Gasteiger charge is 2.13. The molecule has 3 heteroatoms. The summed E-state index contributed by atoms with van der Waals surface area (Å²) in [4.78, 5) is 0. The van der Waals surface area contributed by atoms with Gasteiger partial charge in [-0.25, -0.2) is 0 Å². The predicted molar refractivity (Wildman–Crippen MR) is 59.4 cm³/mol. The van der Waals surface area contributed by atoms with E-state index in [4.69, 9.17) is 9.47 Å². The molecule has 0 saturated carbocycles. The molecule has 1 aromatic rings. The van der Waals surface area contributed by atoms with Crippen LogP contribution in [0, 0.1) is 0 Å². The van der Waals surface area contributed by atoms with Crippen LogP contribution in [0.15, 0.2) is 24.3 Å². The summed E-state index contributed by atoms with van der Waals surface area (Å²) < 4.78 is 10.6. The number of hydrogen-bond acceptors (Lipinski definition) is 3. The minimum absolute atomic E-state index is 0.191. The summed E-state index contributed by atoms with van der Waals surface area (Å²) in [6.45, 7) is 3.79. The SMILES string of the molecule is CCC(O)C(C)Oc1ccc(OC)cc1. The minimum atomic E-state index is -0.424. The van der Waals surface area contributed by atoms with Crippen molar-refractivity contribution in [1.82, 2.24) is 0 Å². The average molecular weight is 210 g/mol. The predicted octanol–water partition coefficient (Wildman–Crippen LogP) is 2.23. The van der Waals surface area contributed by atoms with E-state index in [1.807, 2.05) is 38.1 Å². The van der Waals surface area contributed by atoms with E-state index in [1.165, 1.54) is 0 Å². The molecule has 15 heavy (non-hydrogen) atoms. The maximum Gasteiger partial charge on any atom is 0.122 e. The smallest absolute Gasteiger partial charge is 0.122 e. The molecule has 0 aliphatic heterocycles. The third kappa shape index (κ3) is 3.44. The van der Waals surface area contributed by atoms with Crippen LogP contribution in [-0.4, -0.2) is 24.4 Å². The lowest BCUT2D eigenvalue weighted by Crippen LogP contribution is -2.27. The highest BCUT2D eigenvalue weighted by atomic mass is 16.5. The fourth-order valence-electron chi connectivity index (χ4n) is 1.28. The molecule has 0 saturated heterocycles. The molecule has 1 N–H and O–H groups in total. The molecule has 1 rings (SSSR count). The molecule has 2 unspecified atom stereocenters. The van der Waals surface area contributed by atoms with Crippen LogP contribution in [0.2, 0.25) is 0 Å². The van der Waals surface area contributed by atoms with Gasteiger partial charge >= 0.3 is 0 Å². The second kappa shape index (κ2) is 5.61. The molecule has 3 nitrogen and oxygen atoms in total. The molecular weight excluding hydrogens is 192 g/mol. The fraction of sp³-hybridized carbons (Fsp3) is 0.500. The van der Waals surface area contributed by atoms with Crippen molar-refractivity contribution >= 4 is 0 Å². The first-order chi connectivity index (χ1) is 7.17. The lowest BCUT2D eigenvalue weighted by molar-refractivity contribution is 0.0451. The van der Waals surface area contributed by atoms with Gasteiger partial charge in [-0.05, 0) is 37.6 Å². The van der Waals surface area contributed by atoms with Crippen LogP contribution in [0.3, 0.4) is 0 Å². The van der Waals surface area contributed by atoms with Crippen LogP contribution in [0.25, 0.3) is 0 Å². The number of methoxy groups -OCH3 is 1. The molecule has 0 aliphatic rings. The van der Waals surface area contributed by atoms with Gasteiger partial charge in [-0.2, -0.15) is 0 Å². The molecule has 0 radical (unpaired) electrons. The van der Waals surface area contributed by atoms with E-state index in [0.29, 0.717) is 6.42 Å². The Labute approximate surface area is 90.6 Å². The van der Waals surface area contributed by atoms with Gasteiger partial charge in [-0.15, -0.1) is 0 Å². The molecule has 0 bridgehead atoms. The lowest BCUT2D eigenvalue weighted by atomic mass is 10.2. The van der Waals surface area contributed by atoms with E-state index in [1.54, 1.807) is 7.11 Å². The van der Waals surface area contributed by atoms with Crippen molar-refractivity contribution in [3.63, 3.8) is 0 Å². The van der Waals surface area contributed by atoms with Gasteiger partial charge in [-0.3, -0.25) is 0 Å². The largest absolute Gasteiger partial charge is 0.497 e. The molecular formula is C12H18O3. The standard InChI is InChI=1S/C12H18O3/c1-4-12(13)9(2)15-11-7-5-10(14-3)6-8-11/h5-9,12-13H,4H2,1-3H3. The lowest BCUT2D eigenvalue weighted by Gasteiger charge is -2.19. The van der Waals surface area contributed by atoms with E-state index in [2.05, 4.69) is 0 Å². The summed E-state index contributed by atoms with van der Waals surface area (Å²) in [5, 5.41) is 9.54. The van der Waals surface area contributed by atoms with Gasteiger partial charge in [0.25, 0.3) is 0 Å². The van der Waals surface area contributed by atoms with E-state index in [-0.39, 0.29) is 6.10 Å². The number of benzene rings is 1. The number of aliphatic hydroxyl groups is 1. The monoisotopic (exact) mass is 210 g/mol. The van der Waals surface area contributed by atoms with Crippen LogP contribution >= 0.6 is 0 Å². The van der Waals surface area contributed by atoms with Gasteiger partial charge in [-0.1, -0.05) is 6.92 Å². The Balaban J connectivity index is 2.57. The number of aliphatic hydroxyl groups excluding tert-OH is 1. The van der Waals surface area contributed by atoms with E-state index in [9.17, 15) is 5.11 Å². The molecule has 2 atom stereocenters. The number of rotatable bonds is 5. The fourth-order valence-corrected chi connectivity index (χ4v) is 1.28. The third-order valence-electron chi connectivity index (χ3n) is 2.34. The van der Waals surface area contributed by atoms with Crippen molar-refractivity contribution in [3.05, 3.63) is 24.3 Å². The zero-order valence-corrected chi connectivity index (χ0v) is 9.43. The van der Waals surface area contributed by atoms with E-state index >= 15 is 0 Å². The van der Waals surface area contributed by atoms with Gasteiger partial charge in [0.05, 0.1) is 13.2 Å². The minimum Gasteiger partial charge on any atom is -0.497 e. The Morgan fingerprint density at radius 1 is 1.20 bits per heavy atom. The first-order valence-electron chi connectivity index (χ1n) is 5.16. The summed E-state index contributed by atoms with van der Waals surface area (Å²) in [5.74, 6) is 1.54. The highest BCUT2D eigenvalue weighted by molar-refractivity contribution is 5.31. The normalized spacial score (nSPS) is 14.4. The summed E-state index contributed by atoms with van der Waals surface area (Å²) in [7, 11) is 1.62. The average Bonchev–Trinajstić information content (AvgIpc) is 2.29. The number of hydrogen-bond donors (Lipinski definition) is 1. The summed E-state index contributed by atoms with van der Waals surface area (Å²) in [5.41, 5.74) is 0. The van der Waals surface area contributed by atoms with Crippen molar-refractivity contribution in [2.45, 2.75) is 32.5 Å². The van der Waals surface area contributed by atoms with Crippen molar-refractivity contribution in [1.29, 1.82) is 0 Å². The summed E-state index contributed by atoms with van der Waals surface area (Å²) in [6.07, 6.45) is 0.0765. The topological polar surface area (TPSA) is 38.7 Å². The van der Waals surface area contributed by atoms with Crippen molar-refractivity contribution in [2.24, 2.45) is 0 Å². The third-order valence-corrected chi connectivity index (χ3v) is 2.34. The van der Waals surface area contributed by atoms with E-state index in [0.717, 1.165) is 11.5 Å². The van der Waals surface area contributed by atoms with Gasteiger partial charge in [0.1, 0.15) is 17.6 Å². The molecule has 0 aliphatic carbocycles. The molecule has 0 aromatic heterocycles. The molecule has 1 aromatic carbocycles. The zero-order chi connectivity index (χ0) is 11.3. The summed E-state index contributed by atoms with van der Waals surface area (Å²) in [6, 6.07) is 7.33. The molecule has 0 fully saturated rings. The Kier molecular flexibility index (Phi) is 4.43. The van der Waals surface area contributed by atoms with E-state index < -0.39 is 6.10 Å². The van der Waals surface area contributed by atoms with Gasteiger partial charge in [0.2, 0.25) is 0 Å². The second-order valence-electron chi connectivity index (χ2n) is 3.47. The maximum atomic E-state index is 9.54. The van der Waals surface area contributed by atoms with Crippen LogP contribution in [0.5, 0.6) is 11.5 Å². The van der Waals surface area contributed by atoms with Crippen molar-refractivity contribution in [3.8, 4) is 11.5 Å². The van der Waals surface area contributed by atoms with Gasteiger partial charge < -0.3 is 14.6 Å². The van der Waals surface area contributed by atoms with Crippen molar-refractivity contribution in [2.75, 3.05) is 7.11 Å². The molecule has 0 amide bonds. The second-order valence-corrected chi connectivity index (χ2v) is 3.47. The quantitative estimate of drug-likeness (QED) is 0.810. The molecule has 0 heterocycles. The van der Waals surface area contributed by atoms with Crippen LogP contribution in [-0.2, 0) is 0 Å². The Bertz CT molecular complexity index is 281. The first-order valence-corrected chi connectivity index (χ1v) is 5.16. The summed E-state index contributed by atoms with van der Waals surface area (Å²) >= 11 is 0. The Hall–Kier alpha value is -1.22. The Morgan fingerprint density at radius 3 is 2.20 bits per heavy atom. The van der Waals surface area contributed by atoms with Crippen LogP contribution < -0.4 is 9.47 Å². The number of ether oxygens (including phenoxy) is 2. The van der Waals surface area contributed by atoms with Crippen LogP contribution in [0.1, 0.15) is 20.3 Å². The Morgan fingerprint density at radius 2 is 1.73 bits per heavy atom. The maximum absolute atomic E-state index is 9.54. The molecule has 0 spiro atoms. The van der Waals surface area contributed by atoms with Gasteiger partial charge in [0, 0.05) is 0 Å². The highest BCUT2D eigenvalue weighted by Crippen LogP contribution is 2.19. The first kappa shape index (κ1) is 11.9.